The smallest absolute Gasteiger partial charge is 0.458 e. The first-order valence-electron chi connectivity index (χ1n) is 6.28. The van der Waals surface area contributed by atoms with Crippen LogP contribution in [-0.2, 0) is 0 Å². The minimum absolute atomic E-state index is 0.438. The van der Waals surface area contributed by atoms with Crippen molar-refractivity contribution in [3.8, 4) is 11.5 Å². The number of rotatable bonds is 1. The Bertz CT molecular complexity index is 640. The van der Waals surface area contributed by atoms with Crippen LogP contribution in [0.15, 0.2) is 42.5 Å². The third-order valence-corrected chi connectivity index (χ3v) is 7.27. The molecule has 0 saturated carbocycles. The van der Waals surface area contributed by atoms with Gasteiger partial charge in [-0.25, -0.2) is 0 Å². The Morgan fingerprint density at radius 1 is 0.947 bits per heavy atom. The number of hydrogen-bond donors (Lipinski definition) is 2. The highest BCUT2D eigenvalue weighted by Crippen LogP contribution is 2.27. The molecule has 2 aromatic carbocycles. The van der Waals surface area contributed by atoms with Gasteiger partial charge < -0.3 is 14.8 Å². The Balaban J connectivity index is 2.27. The van der Waals surface area contributed by atoms with Crippen LogP contribution in [0.3, 0.4) is 0 Å². The maximum Gasteiger partial charge on any atom is 0.492 e. The molecule has 1 heterocycles. The van der Waals surface area contributed by atoms with E-state index in [0.29, 0.717) is 11.2 Å². The molecule has 5 heteroatoms. The van der Waals surface area contributed by atoms with Crippen LogP contribution in [0, 0.1) is 0 Å². The van der Waals surface area contributed by atoms with E-state index in [2.05, 4.69) is 19.2 Å². The molecular weight excluding hydrogens is 255 g/mol. The molecular formula is C14H15BO3Si. The summed E-state index contributed by atoms with van der Waals surface area (Å²) in [7, 11) is -3.37. The lowest BCUT2D eigenvalue weighted by atomic mass is 9.79. The third kappa shape index (κ3) is 1.82. The molecule has 1 aliphatic heterocycles. The first kappa shape index (κ1) is 12.5. The largest absolute Gasteiger partial charge is 0.492 e. The molecule has 0 aromatic heterocycles. The lowest BCUT2D eigenvalue weighted by Crippen LogP contribution is -2.57. The highest BCUT2D eigenvalue weighted by atomic mass is 28.3. The fourth-order valence-electron chi connectivity index (χ4n) is 2.69. The molecule has 19 heavy (non-hydrogen) atoms. The molecule has 96 valence electrons. The van der Waals surface area contributed by atoms with Gasteiger partial charge in [-0.15, -0.1) is 0 Å². The minimum Gasteiger partial charge on any atom is -0.458 e. The van der Waals surface area contributed by atoms with Gasteiger partial charge in [-0.05, 0) is 16.4 Å². The van der Waals surface area contributed by atoms with Crippen LogP contribution < -0.4 is 20.6 Å². The lowest BCUT2D eigenvalue weighted by Gasteiger charge is -2.33. The maximum absolute atomic E-state index is 9.49. The zero-order valence-corrected chi connectivity index (χ0v) is 11.9. The first-order chi connectivity index (χ1) is 9.01. The molecule has 0 aliphatic carbocycles. The van der Waals surface area contributed by atoms with E-state index in [-0.39, 0.29) is 0 Å². The summed E-state index contributed by atoms with van der Waals surface area (Å²) in [5.41, 5.74) is 0.438. The van der Waals surface area contributed by atoms with Crippen LogP contribution in [0.25, 0.3) is 0 Å². The van der Waals surface area contributed by atoms with Crippen molar-refractivity contribution in [2.24, 2.45) is 0 Å². The maximum atomic E-state index is 9.49. The van der Waals surface area contributed by atoms with Crippen molar-refractivity contribution in [3.63, 3.8) is 0 Å². The summed E-state index contributed by atoms with van der Waals surface area (Å²) in [6.07, 6.45) is 0. The fourth-order valence-corrected chi connectivity index (χ4v) is 5.52. The topological polar surface area (TPSA) is 49.7 Å². The average molecular weight is 270 g/mol. The van der Waals surface area contributed by atoms with Gasteiger partial charge in [0.05, 0.1) is 0 Å². The van der Waals surface area contributed by atoms with Gasteiger partial charge in [-0.2, -0.15) is 0 Å². The van der Waals surface area contributed by atoms with E-state index in [4.69, 9.17) is 4.74 Å². The number of fused-ring (bicyclic) bond motifs is 2. The standard InChI is InChI=1S/C14H15BO3Si/c1-19(2)12-8-4-3-7-11(12)18-14-10(15(16)17)6-5-9-13(14)19/h3-9,16-17H,1-2H3. The van der Waals surface area contributed by atoms with Gasteiger partial charge in [0.1, 0.15) is 19.6 Å². The first-order valence-corrected chi connectivity index (χ1v) is 9.28. The van der Waals surface area contributed by atoms with Gasteiger partial charge in [0, 0.05) is 5.46 Å². The second-order valence-corrected chi connectivity index (χ2v) is 9.65. The van der Waals surface area contributed by atoms with Gasteiger partial charge in [-0.3, -0.25) is 0 Å². The van der Waals surface area contributed by atoms with Crippen molar-refractivity contribution in [3.05, 3.63) is 42.5 Å². The summed E-state index contributed by atoms with van der Waals surface area (Å²) in [4.78, 5) is 0. The summed E-state index contributed by atoms with van der Waals surface area (Å²) in [5, 5.41) is 21.3. The second kappa shape index (κ2) is 4.23. The van der Waals surface area contributed by atoms with Crippen LogP contribution in [0.4, 0.5) is 0 Å². The van der Waals surface area contributed by atoms with Gasteiger partial charge in [-0.1, -0.05) is 49.5 Å². The molecule has 1 aliphatic rings. The highest BCUT2D eigenvalue weighted by molar-refractivity contribution is 7.02. The number of hydrogen-bond acceptors (Lipinski definition) is 3. The third-order valence-electron chi connectivity index (χ3n) is 3.77. The van der Waals surface area contributed by atoms with Crippen molar-refractivity contribution >= 4 is 31.0 Å². The van der Waals surface area contributed by atoms with Crippen molar-refractivity contribution in [1.82, 2.24) is 0 Å². The summed E-state index contributed by atoms with van der Waals surface area (Å²) in [5.74, 6) is 1.45. The monoisotopic (exact) mass is 270 g/mol. The molecule has 0 saturated heterocycles. The van der Waals surface area contributed by atoms with Crippen LogP contribution in [0.5, 0.6) is 11.5 Å². The summed E-state index contributed by atoms with van der Waals surface area (Å²) in [6.45, 7) is 4.50. The molecule has 0 amide bonds. The fraction of sp³-hybridized carbons (Fsp3) is 0.143. The van der Waals surface area contributed by atoms with Crippen molar-refractivity contribution in [1.29, 1.82) is 0 Å². The molecule has 0 atom stereocenters. The Morgan fingerprint density at radius 3 is 2.37 bits per heavy atom. The van der Waals surface area contributed by atoms with Gasteiger partial charge in [0.15, 0.2) is 0 Å². The summed E-state index contributed by atoms with van der Waals surface area (Å²) < 4.78 is 5.92. The molecule has 3 rings (SSSR count). The summed E-state index contributed by atoms with van der Waals surface area (Å²) in [6, 6.07) is 13.6. The zero-order chi connectivity index (χ0) is 13.6. The number of ether oxygens (including phenoxy) is 1. The Morgan fingerprint density at radius 2 is 1.63 bits per heavy atom. The molecule has 0 bridgehead atoms. The molecule has 2 N–H and O–H groups in total. The SMILES string of the molecule is C[Si]1(C)c2ccccc2Oc2c(B(O)O)cccc21. The van der Waals surface area contributed by atoms with Gasteiger partial charge in [0.2, 0.25) is 0 Å². The van der Waals surface area contributed by atoms with Crippen molar-refractivity contribution < 1.29 is 14.8 Å². The normalized spacial score (nSPS) is 15.2. The van der Waals surface area contributed by atoms with Crippen LogP contribution in [-0.4, -0.2) is 25.2 Å². The quantitative estimate of drug-likeness (QED) is 0.733. The van der Waals surface area contributed by atoms with Crippen LogP contribution in [0.1, 0.15) is 0 Å². The predicted octanol–water partition coefficient (Wildman–Crippen LogP) is 0.295. The molecule has 0 radical (unpaired) electrons. The van der Waals surface area contributed by atoms with Crippen LogP contribution >= 0.6 is 0 Å². The van der Waals surface area contributed by atoms with E-state index < -0.39 is 15.2 Å². The molecule has 0 unspecified atom stereocenters. The number of benzene rings is 2. The van der Waals surface area contributed by atoms with Crippen LogP contribution in [0.2, 0.25) is 13.1 Å². The molecule has 3 nitrogen and oxygen atoms in total. The van der Waals surface area contributed by atoms with Gasteiger partial charge in [0.25, 0.3) is 0 Å². The van der Waals surface area contributed by atoms with Gasteiger partial charge >= 0.3 is 7.12 Å². The second-order valence-electron chi connectivity index (χ2n) is 5.32. The van der Waals surface area contributed by atoms with Crippen molar-refractivity contribution in [2.45, 2.75) is 13.1 Å². The van der Waals surface area contributed by atoms with E-state index in [9.17, 15) is 10.0 Å². The van der Waals surface area contributed by atoms with E-state index in [0.717, 1.165) is 10.9 Å². The summed E-state index contributed by atoms with van der Waals surface area (Å²) >= 11 is 0. The Hall–Kier alpha value is -1.56. The van der Waals surface area contributed by atoms with E-state index in [1.54, 1.807) is 6.07 Å². The average Bonchev–Trinajstić information content (AvgIpc) is 2.38. The predicted molar refractivity (Wildman–Crippen MR) is 79.5 cm³/mol. The van der Waals surface area contributed by atoms with E-state index >= 15 is 0 Å². The lowest BCUT2D eigenvalue weighted by molar-refractivity contribution is 0.421. The van der Waals surface area contributed by atoms with Crippen molar-refractivity contribution in [2.75, 3.05) is 0 Å². The highest BCUT2D eigenvalue weighted by Gasteiger charge is 2.38. The van der Waals surface area contributed by atoms with E-state index in [1.807, 2.05) is 30.3 Å². The Labute approximate surface area is 113 Å². The molecule has 2 aromatic rings. The molecule has 0 fully saturated rings. The zero-order valence-electron chi connectivity index (χ0n) is 10.9. The minimum atomic E-state index is -1.86. The number of para-hydroxylation sites is 2. The molecule has 0 spiro atoms. The van der Waals surface area contributed by atoms with E-state index in [1.165, 1.54) is 5.19 Å². The Kier molecular flexibility index (Phi) is 2.78.